The molecule has 0 aliphatic heterocycles. The fraction of sp³-hybridized carbons (Fsp3) is 0.333. The van der Waals surface area contributed by atoms with Crippen LogP contribution >= 0.6 is 0 Å². The smallest absolute Gasteiger partial charge is 0.335 e. The lowest BCUT2D eigenvalue weighted by Gasteiger charge is -2.13. The molecule has 4 heteroatoms. The van der Waals surface area contributed by atoms with Gasteiger partial charge in [-0.2, -0.15) is 0 Å². The summed E-state index contributed by atoms with van der Waals surface area (Å²) in [5.41, 5.74) is 0.226. The Labute approximate surface area is 75.2 Å². The van der Waals surface area contributed by atoms with Gasteiger partial charge in [-0.25, -0.2) is 9.59 Å². The van der Waals surface area contributed by atoms with Gasteiger partial charge < -0.3 is 10.2 Å². The van der Waals surface area contributed by atoms with Crippen molar-refractivity contribution in [1.29, 1.82) is 0 Å². The van der Waals surface area contributed by atoms with E-state index < -0.39 is 11.9 Å². The predicted molar refractivity (Wildman–Crippen MR) is 45.2 cm³/mol. The maximum Gasteiger partial charge on any atom is 0.335 e. The summed E-state index contributed by atoms with van der Waals surface area (Å²) in [5.74, 6) is -2.15. The first-order valence-corrected chi connectivity index (χ1v) is 3.89. The summed E-state index contributed by atoms with van der Waals surface area (Å²) < 4.78 is 0. The monoisotopic (exact) mass is 182 g/mol. The highest BCUT2D eigenvalue weighted by molar-refractivity contribution is 5.95. The molecule has 0 amide bonds. The maximum absolute atomic E-state index is 10.6. The van der Waals surface area contributed by atoms with Crippen LogP contribution in [-0.2, 0) is 9.59 Å². The number of hydrogen-bond acceptors (Lipinski definition) is 2. The summed E-state index contributed by atoms with van der Waals surface area (Å²) in [7, 11) is 0. The molecule has 0 saturated carbocycles. The molecule has 2 N–H and O–H groups in total. The van der Waals surface area contributed by atoms with Gasteiger partial charge in [-0.05, 0) is 18.4 Å². The molecular weight excluding hydrogens is 172 g/mol. The lowest BCUT2D eigenvalue weighted by molar-refractivity contribution is -0.132. The fourth-order valence-corrected chi connectivity index (χ4v) is 1.29. The van der Waals surface area contributed by atoms with Gasteiger partial charge in [0.2, 0.25) is 0 Å². The molecule has 0 aromatic carbocycles. The Kier molecular flexibility index (Phi) is 2.51. The molecule has 4 nitrogen and oxygen atoms in total. The highest BCUT2D eigenvalue weighted by Gasteiger charge is 2.19. The van der Waals surface area contributed by atoms with Crippen molar-refractivity contribution in [1.82, 2.24) is 0 Å². The van der Waals surface area contributed by atoms with Crippen LogP contribution in [0.5, 0.6) is 0 Å². The van der Waals surface area contributed by atoms with E-state index in [1.165, 1.54) is 6.08 Å². The summed E-state index contributed by atoms with van der Waals surface area (Å²) in [5, 5.41) is 17.3. The number of hydrogen-bond donors (Lipinski definition) is 2. The third-order valence-corrected chi connectivity index (χ3v) is 1.86. The standard InChI is InChI=1S/C9H10O4/c1-5-2-6(8(10)11)4-7(3-5)9(12)13/h2,4-5H,3H2,1H3,(H,10,11)(H,12,13). The molecule has 0 spiro atoms. The van der Waals surface area contributed by atoms with Gasteiger partial charge in [-0.15, -0.1) is 0 Å². The Bertz CT molecular complexity index is 312. The minimum absolute atomic E-state index is 0.0257. The summed E-state index contributed by atoms with van der Waals surface area (Å²) in [6, 6.07) is 0. The molecular formula is C9H10O4. The number of carboxylic acid groups (broad SMARTS) is 2. The van der Waals surface area contributed by atoms with Crippen LogP contribution in [0.2, 0.25) is 0 Å². The zero-order valence-corrected chi connectivity index (χ0v) is 7.15. The normalized spacial score (nSPS) is 21.8. The molecule has 0 bridgehead atoms. The van der Waals surface area contributed by atoms with Gasteiger partial charge in [-0.3, -0.25) is 0 Å². The molecule has 0 aromatic rings. The number of aliphatic carboxylic acids is 2. The minimum Gasteiger partial charge on any atom is -0.478 e. The van der Waals surface area contributed by atoms with Crippen molar-refractivity contribution in [3.05, 3.63) is 23.3 Å². The summed E-state index contributed by atoms with van der Waals surface area (Å²) >= 11 is 0. The van der Waals surface area contributed by atoms with Crippen LogP contribution in [0.1, 0.15) is 13.3 Å². The lowest BCUT2D eigenvalue weighted by atomic mass is 9.92. The zero-order chi connectivity index (χ0) is 10.0. The number of rotatable bonds is 2. The average Bonchev–Trinajstić information content (AvgIpc) is 2.03. The molecule has 1 atom stereocenters. The van der Waals surface area contributed by atoms with Crippen LogP contribution in [0.3, 0.4) is 0 Å². The first-order valence-electron chi connectivity index (χ1n) is 3.89. The Hall–Kier alpha value is -1.58. The first-order chi connectivity index (χ1) is 6.00. The molecule has 1 rings (SSSR count). The minimum atomic E-state index is -1.08. The van der Waals surface area contributed by atoms with Crippen LogP contribution in [0.4, 0.5) is 0 Å². The van der Waals surface area contributed by atoms with Crippen LogP contribution in [0.15, 0.2) is 23.3 Å². The fourth-order valence-electron chi connectivity index (χ4n) is 1.29. The third-order valence-electron chi connectivity index (χ3n) is 1.86. The SMILES string of the molecule is CC1C=C(C(=O)O)C=C(C(=O)O)C1. The van der Waals surface area contributed by atoms with E-state index in [0.717, 1.165) is 0 Å². The van der Waals surface area contributed by atoms with Crippen molar-refractivity contribution in [2.24, 2.45) is 5.92 Å². The Balaban J connectivity index is 2.98. The topological polar surface area (TPSA) is 74.6 Å². The van der Waals surface area contributed by atoms with Gasteiger partial charge in [0.05, 0.1) is 5.57 Å². The average molecular weight is 182 g/mol. The second-order valence-electron chi connectivity index (χ2n) is 3.08. The van der Waals surface area contributed by atoms with Gasteiger partial charge in [0.15, 0.2) is 0 Å². The van der Waals surface area contributed by atoms with E-state index in [-0.39, 0.29) is 17.1 Å². The van der Waals surface area contributed by atoms with E-state index in [0.29, 0.717) is 6.42 Å². The molecule has 0 heterocycles. The maximum atomic E-state index is 10.6. The molecule has 70 valence electrons. The quantitative estimate of drug-likeness (QED) is 0.669. The van der Waals surface area contributed by atoms with Crippen molar-refractivity contribution >= 4 is 11.9 Å². The highest BCUT2D eigenvalue weighted by atomic mass is 16.4. The molecule has 0 radical (unpaired) electrons. The van der Waals surface area contributed by atoms with Gasteiger partial charge in [-0.1, -0.05) is 13.0 Å². The second-order valence-corrected chi connectivity index (χ2v) is 3.08. The summed E-state index contributed by atoms with van der Waals surface area (Å²) in [4.78, 5) is 21.1. The van der Waals surface area contributed by atoms with Crippen molar-refractivity contribution in [3.63, 3.8) is 0 Å². The van der Waals surface area contributed by atoms with Crippen molar-refractivity contribution in [3.8, 4) is 0 Å². The van der Waals surface area contributed by atoms with E-state index in [1.54, 1.807) is 13.0 Å². The molecule has 1 aliphatic carbocycles. The van der Waals surface area contributed by atoms with Crippen LogP contribution in [0, 0.1) is 5.92 Å². The van der Waals surface area contributed by atoms with Crippen LogP contribution in [0.25, 0.3) is 0 Å². The van der Waals surface area contributed by atoms with Gasteiger partial charge in [0, 0.05) is 5.57 Å². The Morgan fingerprint density at radius 1 is 1.38 bits per heavy atom. The second kappa shape index (κ2) is 3.43. The summed E-state index contributed by atoms with van der Waals surface area (Å²) in [6.45, 7) is 1.79. The van der Waals surface area contributed by atoms with Gasteiger partial charge >= 0.3 is 11.9 Å². The van der Waals surface area contributed by atoms with Crippen molar-refractivity contribution in [2.75, 3.05) is 0 Å². The molecule has 0 fully saturated rings. The Morgan fingerprint density at radius 3 is 2.46 bits per heavy atom. The Morgan fingerprint density at radius 2 is 2.00 bits per heavy atom. The molecule has 0 saturated heterocycles. The number of allylic oxidation sites excluding steroid dienone is 1. The first kappa shape index (κ1) is 9.51. The van der Waals surface area contributed by atoms with E-state index >= 15 is 0 Å². The molecule has 0 aromatic heterocycles. The lowest BCUT2D eigenvalue weighted by Crippen LogP contribution is -2.12. The third kappa shape index (κ3) is 2.18. The van der Waals surface area contributed by atoms with Crippen molar-refractivity contribution in [2.45, 2.75) is 13.3 Å². The van der Waals surface area contributed by atoms with Gasteiger partial charge in [0.25, 0.3) is 0 Å². The highest BCUT2D eigenvalue weighted by Crippen LogP contribution is 2.22. The van der Waals surface area contributed by atoms with Crippen LogP contribution in [-0.4, -0.2) is 22.2 Å². The number of carbonyl (C=O) groups is 2. The summed E-state index contributed by atoms with van der Waals surface area (Å²) in [6.07, 6.45) is 3.17. The van der Waals surface area contributed by atoms with Gasteiger partial charge in [0.1, 0.15) is 0 Å². The molecule has 1 aliphatic rings. The number of carboxylic acids is 2. The van der Waals surface area contributed by atoms with Crippen molar-refractivity contribution < 1.29 is 19.8 Å². The zero-order valence-electron chi connectivity index (χ0n) is 7.15. The van der Waals surface area contributed by atoms with E-state index in [4.69, 9.17) is 10.2 Å². The largest absolute Gasteiger partial charge is 0.478 e. The van der Waals surface area contributed by atoms with E-state index in [9.17, 15) is 9.59 Å². The van der Waals surface area contributed by atoms with Crippen LogP contribution < -0.4 is 0 Å². The molecule has 13 heavy (non-hydrogen) atoms. The van der Waals surface area contributed by atoms with E-state index in [1.807, 2.05) is 0 Å². The molecule has 1 unspecified atom stereocenters. The predicted octanol–water partition coefficient (Wildman–Crippen LogP) is 1.05. The van der Waals surface area contributed by atoms with E-state index in [2.05, 4.69) is 0 Å².